The molecule has 0 saturated carbocycles. The van der Waals surface area contributed by atoms with Gasteiger partial charge in [-0.25, -0.2) is 4.79 Å². The number of methoxy groups -OCH3 is 1. The van der Waals surface area contributed by atoms with Crippen molar-refractivity contribution < 1.29 is 19.1 Å². The van der Waals surface area contributed by atoms with Gasteiger partial charge in [-0.2, -0.15) is 0 Å². The standard InChI is InChI=1S/C19H20N4O4/c1-27-16-4-2-3-15(10-16)23-11-14(9-17(23)24)22-19(26)21-13-7-5-12(6-8-13)18(20)25/h2-8,10,14H,9,11H2,1H3,(H2,20,25)(H2,21,22,26)/t14-/m1/s1. The van der Waals surface area contributed by atoms with E-state index in [2.05, 4.69) is 10.6 Å². The first kappa shape index (κ1) is 18.2. The molecule has 2 aromatic rings. The molecule has 4 amide bonds. The molecule has 1 fully saturated rings. The van der Waals surface area contributed by atoms with E-state index >= 15 is 0 Å². The highest BCUT2D eigenvalue weighted by Gasteiger charge is 2.31. The fourth-order valence-electron chi connectivity index (χ4n) is 2.90. The number of carbonyl (C=O) groups excluding carboxylic acids is 3. The Bertz CT molecular complexity index is 866. The molecular weight excluding hydrogens is 348 g/mol. The Labute approximate surface area is 156 Å². The van der Waals surface area contributed by atoms with E-state index in [9.17, 15) is 14.4 Å². The highest BCUT2D eigenvalue weighted by atomic mass is 16.5. The minimum atomic E-state index is -0.534. The molecule has 8 heteroatoms. The van der Waals surface area contributed by atoms with Crippen LogP contribution in [0.2, 0.25) is 0 Å². The quantitative estimate of drug-likeness (QED) is 0.745. The lowest BCUT2D eigenvalue weighted by atomic mass is 10.2. The molecule has 1 aliphatic heterocycles. The molecule has 1 heterocycles. The van der Waals surface area contributed by atoms with E-state index in [0.717, 1.165) is 5.69 Å². The number of nitrogens with one attached hydrogen (secondary N) is 2. The van der Waals surface area contributed by atoms with Crippen molar-refractivity contribution in [2.75, 3.05) is 23.9 Å². The molecule has 140 valence electrons. The van der Waals surface area contributed by atoms with Crippen LogP contribution in [0, 0.1) is 0 Å². The lowest BCUT2D eigenvalue weighted by Crippen LogP contribution is -2.39. The number of carbonyl (C=O) groups is 3. The second-order valence-electron chi connectivity index (χ2n) is 6.15. The smallest absolute Gasteiger partial charge is 0.319 e. The van der Waals surface area contributed by atoms with E-state index < -0.39 is 11.9 Å². The van der Waals surface area contributed by atoms with Crippen LogP contribution in [-0.2, 0) is 4.79 Å². The van der Waals surface area contributed by atoms with Crippen LogP contribution >= 0.6 is 0 Å². The summed E-state index contributed by atoms with van der Waals surface area (Å²) in [4.78, 5) is 37.2. The summed E-state index contributed by atoms with van der Waals surface area (Å²) in [7, 11) is 1.57. The molecule has 0 spiro atoms. The van der Waals surface area contributed by atoms with Gasteiger partial charge >= 0.3 is 6.03 Å². The maximum atomic E-state index is 12.3. The van der Waals surface area contributed by atoms with E-state index in [1.54, 1.807) is 36.3 Å². The Balaban J connectivity index is 1.58. The van der Waals surface area contributed by atoms with Gasteiger partial charge in [-0.3, -0.25) is 9.59 Å². The number of rotatable bonds is 5. The first-order valence-electron chi connectivity index (χ1n) is 8.38. The number of ether oxygens (including phenoxy) is 1. The van der Waals surface area contributed by atoms with Crippen LogP contribution in [0.4, 0.5) is 16.2 Å². The van der Waals surface area contributed by atoms with Gasteiger partial charge in [0.25, 0.3) is 0 Å². The molecule has 3 rings (SSSR count). The SMILES string of the molecule is COc1cccc(N2C[C@H](NC(=O)Nc3ccc(C(N)=O)cc3)CC2=O)c1. The number of nitrogens with two attached hydrogens (primary N) is 1. The summed E-state index contributed by atoms with van der Waals surface area (Å²) in [6, 6.07) is 12.7. The van der Waals surface area contributed by atoms with Gasteiger partial charge in [0, 0.05) is 36.0 Å². The van der Waals surface area contributed by atoms with Crippen molar-refractivity contribution in [3.8, 4) is 5.75 Å². The van der Waals surface area contributed by atoms with Crippen LogP contribution in [0.5, 0.6) is 5.75 Å². The number of primary amides is 1. The molecule has 0 aliphatic carbocycles. The minimum absolute atomic E-state index is 0.0700. The van der Waals surface area contributed by atoms with Crippen LogP contribution in [-0.4, -0.2) is 37.5 Å². The third-order valence-corrected chi connectivity index (χ3v) is 4.25. The summed E-state index contributed by atoms with van der Waals surface area (Å²) < 4.78 is 5.18. The summed E-state index contributed by atoms with van der Waals surface area (Å²) in [6.45, 7) is 0.375. The number of hydrogen-bond acceptors (Lipinski definition) is 4. The van der Waals surface area contributed by atoms with Gasteiger partial charge in [-0.1, -0.05) is 6.07 Å². The third-order valence-electron chi connectivity index (χ3n) is 4.25. The molecular formula is C19H20N4O4. The van der Waals surface area contributed by atoms with E-state index in [4.69, 9.17) is 10.5 Å². The number of nitrogens with zero attached hydrogens (tertiary/aromatic N) is 1. The summed E-state index contributed by atoms with van der Waals surface area (Å²) >= 11 is 0. The molecule has 1 saturated heterocycles. The Hall–Kier alpha value is -3.55. The highest BCUT2D eigenvalue weighted by molar-refractivity contribution is 5.98. The van der Waals surface area contributed by atoms with Gasteiger partial charge in [0.1, 0.15) is 5.75 Å². The fraction of sp³-hybridized carbons (Fsp3) is 0.211. The monoisotopic (exact) mass is 368 g/mol. The van der Waals surface area contributed by atoms with Gasteiger partial charge in [-0.05, 0) is 36.4 Å². The molecule has 1 aliphatic rings. The summed E-state index contributed by atoms with van der Waals surface area (Å²) in [5.41, 5.74) is 6.79. The van der Waals surface area contributed by atoms with Gasteiger partial charge in [-0.15, -0.1) is 0 Å². The Morgan fingerprint density at radius 3 is 2.59 bits per heavy atom. The van der Waals surface area contributed by atoms with Crippen LogP contribution in [0.3, 0.4) is 0 Å². The zero-order valence-corrected chi connectivity index (χ0v) is 14.8. The van der Waals surface area contributed by atoms with E-state index in [1.807, 2.05) is 12.1 Å². The maximum absolute atomic E-state index is 12.3. The number of hydrogen-bond donors (Lipinski definition) is 3. The molecule has 0 radical (unpaired) electrons. The van der Waals surface area contributed by atoms with Gasteiger partial charge in [0.2, 0.25) is 11.8 Å². The molecule has 0 unspecified atom stereocenters. The number of anilines is 2. The van der Waals surface area contributed by atoms with Gasteiger partial charge < -0.3 is 26.0 Å². The van der Waals surface area contributed by atoms with E-state index in [1.165, 1.54) is 12.1 Å². The van der Waals surface area contributed by atoms with E-state index in [-0.39, 0.29) is 18.4 Å². The second-order valence-corrected chi connectivity index (χ2v) is 6.15. The van der Waals surface area contributed by atoms with Crippen molar-refractivity contribution in [2.24, 2.45) is 5.73 Å². The van der Waals surface area contributed by atoms with E-state index in [0.29, 0.717) is 23.5 Å². The normalized spacial score (nSPS) is 16.1. The van der Waals surface area contributed by atoms with Crippen LogP contribution in [0.25, 0.3) is 0 Å². The van der Waals surface area contributed by atoms with Crippen molar-refractivity contribution >= 4 is 29.2 Å². The predicted molar refractivity (Wildman–Crippen MR) is 101 cm³/mol. The van der Waals surface area contributed by atoms with Crippen molar-refractivity contribution in [2.45, 2.75) is 12.5 Å². The van der Waals surface area contributed by atoms with Crippen LogP contribution in [0.15, 0.2) is 48.5 Å². The average molecular weight is 368 g/mol. The van der Waals surface area contributed by atoms with Gasteiger partial charge in [0.05, 0.1) is 13.2 Å². The number of benzene rings is 2. The van der Waals surface area contributed by atoms with Gasteiger partial charge in [0.15, 0.2) is 0 Å². The first-order valence-corrected chi connectivity index (χ1v) is 8.38. The number of urea groups is 1. The molecule has 2 aromatic carbocycles. The summed E-state index contributed by atoms with van der Waals surface area (Å²) in [5.74, 6) is 0.0568. The van der Waals surface area contributed by atoms with Crippen molar-refractivity contribution in [3.05, 3.63) is 54.1 Å². The molecule has 4 N–H and O–H groups in total. The van der Waals surface area contributed by atoms with Crippen molar-refractivity contribution in [1.82, 2.24) is 5.32 Å². The molecule has 27 heavy (non-hydrogen) atoms. The molecule has 8 nitrogen and oxygen atoms in total. The largest absolute Gasteiger partial charge is 0.497 e. The molecule has 1 atom stereocenters. The molecule has 0 bridgehead atoms. The topological polar surface area (TPSA) is 114 Å². The zero-order valence-electron chi connectivity index (χ0n) is 14.8. The summed E-state index contributed by atoms with van der Waals surface area (Å²) in [5, 5.41) is 5.46. The van der Waals surface area contributed by atoms with Crippen molar-refractivity contribution in [3.63, 3.8) is 0 Å². The second kappa shape index (κ2) is 7.77. The predicted octanol–water partition coefficient (Wildman–Crippen LogP) is 1.72. The fourth-order valence-corrected chi connectivity index (χ4v) is 2.90. The Morgan fingerprint density at radius 1 is 1.19 bits per heavy atom. The average Bonchev–Trinajstić information content (AvgIpc) is 3.02. The Kier molecular flexibility index (Phi) is 5.25. The first-order chi connectivity index (χ1) is 13.0. The highest BCUT2D eigenvalue weighted by Crippen LogP contribution is 2.25. The zero-order chi connectivity index (χ0) is 19.4. The lowest BCUT2D eigenvalue weighted by molar-refractivity contribution is -0.117. The van der Waals surface area contributed by atoms with Crippen LogP contribution in [0.1, 0.15) is 16.8 Å². The maximum Gasteiger partial charge on any atom is 0.319 e. The lowest BCUT2D eigenvalue weighted by Gasteiger charge is -2.18. The molecule has 0 aromatic heterocycles. The minimum Gasteiger partial charge on any atom is -0.497 e. The Morgan fingerprint density at radius 2 is 1.93 bits per heavy atom. The summed E-state index contributed by atoms with van der Waals surface area (Å²) in [6.07, 6.45) is 0.214. The van der Waals surface area contributed by atoms with Crippen LogP contribution < -0.4 is 26.0 Å². The third kappa shape index (κ3) is 4.35. The van der Waals surface area contributed by atoms with Crippen molar-refractivity contribution in [1.29, 1.82) is 0 Å². The number of amides is 4.